The lowest BCUT2D eigenvalue weighted by Gasteiger charge is -1.98. The Hall–Kier alpha value is -1.26. The Morgan fingerprint density at radius 3 is 3.00 bits per heavy atom. The third-order valence-electron chi connectivity index (χ3n) is 2.23. The largest absolute Gasteiger partial charge is 0.494 e. The van der Waals surface area contributed by atoms with Gasteiger partial charge in [-0.05, 0) is 12.1 Å². The molecule has 0 amide bonds. The number of ether oxygens (including phenoxy) is 1. The Morgan fingerprint density at radius 2 is 2.33 bits per heavy atom. The van der Waals surface area contributed by atoms with E-state index in [0.29, 0.717) is 18.2 Å². The van der Waals surface area contributed by atoms with Gasteiger partial charge in [-0.25, -0.2) is 0 Å². The van der Waals surface area contributed by atoms with Gasteiger partial charge in [0, 0.05) is 11.9 Å². The van der Waals surface area contributed by atoms with Crippen LogP contribution in [0.1, 0.15) is 0 Å². The van der Waals surface area contributed by atoms with Gasteiger partial charge in [0.1, 0.15) is 16.4 Å². The molecule has 0 saturated carbocycles. The molecule has 0 fully saturated rings. The third-order valence-corrected chi connectivity index (χ3v) is 2.63. The molecular weight excluding hydrogens is 214 g/mol. The molecule has 15 heavy (non-hydrogen) atoms. The first-order chi connectivity index (χ1) is 7.27. The molecule has 1 heterocycles. The van der Waals surface area contributed by atoms with E-state index in [9.17, 15) is 0 Å². The van der Waals surface area contributed by atoms with Crippen molar-refractivity contribution in [3.8, 4) is 5.75 Å². The predicted molar refractivity (Wildman–Crippen MR) is 60.3 cm³/mol. The lowest BCUT2D eigenvalue weighted by Crippen LogP contribution is -2.10. The summed E-state index contributed by atoms with van der Waals surface area (Å²) < 4.78 is 6.90. The molecule has 2 N–H and O–H groups in total. The molecule has 5 heteroatoms. The standard InChI is InChI=1S/C10H12ClN3O/c1-15-8-4-2-3-7-9(8)13-14(6-5-12)10(7)11/h2-4H,5-6,12H2,1H3. The number of aromatic nitrogens is 2. The maximum absolute atomic E-state index is 6.15. The highest BCUT2D eigenvalue weighted by atomic mass is 35.5. The number of rotatable bonds is 3. The number of halogens is 1. The highest BCUT2D eigenvalue weighted by molar-refractivity contribution is 6.34. The quantitative estimate of drug-likeness (QED) is 0.865. The van der Waals surface area contributed by atoms with Gasteiger partial charge >= 0.3 is 0 Å². The van der Waals surface area contributed by atoms with Crippen molar-refractivity contribution < 1.29 is 4.74 Å². The Kier molecular flexibility index (Phi) is 2.79. The Labute approximate surface area is 92.6 Å². The summed E-state index contributed by atoms with van der Waals surface area (Å²) in [5.74, 6) is 0.727. The highest BCUT2D eigenvalue weighted by Crippen LogP contribution is 2.29. The van der Waals surface area contributed by atoms with Crippen molar-refractivity contribution in [3.05, 3.63) is 23.4 Å². The fourth-order valence-corrected chi connectivity index (χ4v) is 1.81. The fraction of sp³-hybridized carbons (Fsp3) is 0.300. The zero-order valence-corrected chi connectivity index (χ0v) is 9.16. The summed E-state index contributed by atoms with van der Waals surface area (Å²) in [5.41, 5.74) is 6.25. The van der Waals surface area contributed by atoms with E-state index in [2.05, 4.69) is 5.10 Å². The van der Waals surface area contributed by atoms with Crippen molar-refractivity contribution in [3.63, 3.8) is 0 Å². The Morgan fingerprint density at radius 1 is 1.53 bits per heavy atom. The molecule has 0 atom stereocenters. The summed E-state index contributed by atoms with van der Waals surface area (Å²) in [7, 11) is 1.62. The monoisotopic (exact) mass is 225 g/mol. The Balaban J connectivity index is 2.64. The van der Waals surface area contributed by atoms with Gasteiger partial charge in [-0.2, -0.15) is 5.10 Å². The molecule has 2 aromatic rings. The molecule has 0 spiro atoms. The zero-order valence-electron chi connectivity index (χ0n) is 8.40. The van der Waals surface area contributed by atoms with Crippen LogP contribution in [0.3, 0.4) is 0 Å². The van der Waals surface area contributed by atoms with Crippen LogP contribution in [-0.4, -0.2) is 23.4 Å². The minimum Gasteiger partial charge on any atom is -0.494 e. The fourth-order valence-electron chi connectivity index (χ4n) is 1.53. The number of fused-ring (bicyclic) bond motifs is 1. The van der Waals surface area contributed by atoms with Crippen LogP contribution in [0.4, 0.5) is 0 Å². The second kappa shape index (κ2) is 4.08. The molecule has 80 valence electrons. The number of benzene rings is 1. The minimum absolute atomic E-state index is 0.510. The molecule has 1 aromatic heterocycles. The van der Waals surface area contributed by atoms with Crippen molar-refractivity contribution in [2.45, 2.75) is 6.54 Å². The van der Waals surface area contributed by atoms with E-state index in [1.54, 1.807) is 11.8 Å². The van der Waals surface area contributed by atoms with E-state index < -0.39 is 0 Å². The van der Waals surface area contributed by atoms with Crippen LogP contribution < -0.4 is 10.5 Å². The van der Waals surface area contributed by atoms with E-state index in [-0.39, 0.29) is 0 Å². The van der Waals surface area contributed by atoms with Gasteiger partial charge in [0.15, 0.2) is 0 Å². The van der Waals surface area contributed by atoms with Gasteiger partial charge < -0.3 is 10.5 Å². The zero-order chi connectivity index (χ0) is 10.8. The second-order valence-corrected chi connectivity index (χ2v) is 3.52. The third kappa shape index (κ3) is 1.66. The first-order valence-corrected chi connectivity index (χ1v) is 5.05. The van der Waals surface area contributed by atoms with Crippen LogP contribution in [0.25, 0.3) is 10.9 Å². The van der Waals surface area contributed by atoms with E-state index in [0.717, 1.165) is 16.7 Å². The first-order valence-electron chi connectivity index (χ1n) is 4.67. The molecule has 1 aromatic carbocycles. The molecule has 2 rings (SSSR count). The predicted octanol–water partition coefficient (Wildman–Crippen LogP) is 1.66. The van der Waals surface area contributed by atoms with Gasteiger partial charge in [-0.3, -0.25) is 4.68 Å². The van der Waals surface area contributed by atoms with Gasteiger partial charge in [-0.1, -0.05) is 17.7 Å². The summed E-state index contributed by atoms with van der Waals surface area (Å²) in [4.78, 5) is 0. The molecule has 4 nitrogen and oxygen atoms in total. The van der Waals surface area contributed by atoms with Crippen LogP contribution in [0.15, 0.2) is 18.2 Å². The molecule has 0 radical (unpaired) electrons. The van der Waals surface area contributed by atoms with Crippen molar-refractivity contribution in [2.75, 3.05) is 13.7 Å². The SMILES string of the molecule is COc1cccc2c(Cl)n(CCN)nc12. The molecule has 0 aliphatic carbocycles. The summed E-state index contributed by atoms with van der Waals surface area (Å²) in [6.45, 7) is 1.12. The van der Waals surface area contributed by atoms with E-state index in [1.807, 2.05) is 18.2 Å². The maximum Gasteiger partial charge on any atom is 0.147 e. The number of hydrogen-bond donors (Lipinski definition) is 1. The molecule has 0 saturated heterocycles. The van der Waals surface area contributed by atoms with Gasteiger partial charge in [-0.15, -0.1) is 0 Å². The number of nitrogens with zero attached hydrogens (tertiary/aromatic N) is 2. The maximum atomic E-state index is 6.15. The molecule has 0 unspecified atom stereocenters. The summed E-state index contributed by atoms with van der Waals surface area (Å²) in [6.07, 6.45) is 0. The van der Waals surface area contributed by atoms with Crippen molar-refractivity contribution in [2.24, 2.45) is 5.73 Å². The number of nitrogens with two attached hydrogens (primary N) is 1. The average Bonchev–Trinajstić information content (AvgIpc) is 2.57. The molecule has 0 bridgehead atoms. The number of hydrogen-bond acceptors (Lipinski definition) is 3. The van der Waals surface area contributed by atoms with Crippen LogP contribution in [-0.2, 0) is 6.54 Å². The molecular formula is C10H12ClN3O. The summed E-state index contributed by atoms with van der Waals surface area (Å²) >= 11 is 6.15. The smallest absolute Gasteiger partial charge is 0.147 e. The van der Waals surface area contributed by atoms with Gasteiger partial charge in [0.05, 0.1) is 13.7 Å². The van der Waals surface area contributed by atoms with E-state index >= 15 is 0 Å². The highest BCUT2D eigenvalue weighted by Gasteiger charge is 2.11. The van der Waals surface area contributed by atoms with Gasteiger partial charge in [0.2, 0.25) is 0 Å². The minimum atomic E-state index is 0.510. The first kappa shape index (κ1) is 10.3. The van der Waals surface area contributed by atoms with Crippen molar-refractivity contribution >= 4 is 22.5 Å². The normalized spacial score (nSPS) is 10.9. The van der Waals surface area contributed by atoms with E-state index in [4.69, 9.17) is 22.1 Å². The lowest BCUT2D eigenvalue weighted by atomic mass is 10.2. The molecule has 0 aliphatic heterocycles. The van der Waals surface area contributed by atoms with Crippen LogP contribution in [0.2, 0.25) is 5.15 Å². The summed E-state index contributed by atoms with van der Waals surface area (Å²) in [6, 6.07) is 5.67. The number of methoxy groups -OCH3 is 1. The van der Waals surface area contributed by atoms with Crippen molar-refractivity contribution in [1.29, 1.82) is 0 Å². The van der Waals surface area contributed by atoms with Gasteiger partial charge in [0.25, 0.3) is 0 Å². The van der Waals surface area contributed by atoms with Crippen molar-refractivity contribution in [1.82, 2.24) is 9.78 Å². The molecule has 0 aliphatic rings. The topological polar surface area (TPSA) is 53.1 Å². The Bertz CT molecular complexity index is 481. The second-order valence-electron chi connectivity index (χ2n) is 3.16. The van der Waals surface area contributed by atoms with Crippen LogP contribution in [0.5, 0.6) is 5.75 Å². The lowest BCUT2D eigenvalue weighted by molar-refractivity contribution is 0.418. The average molecular weight is 226 g/mol. The van der Waals surface area contributed by atoms with Crippen LogP contribution >= 0.6 is 11.6 Å². The van der Waals surface area contributed by atoms with Crippen LogP contribution in [0, 0.1) is 0 Å². The summed E-state index contributed by atoms with van der Waals surface area (Å²) in [5, 5.41) is 5.85. The van der Waals surface area contributed by atoms with E-state index in [1.165, 1.54) is 0 Å².